The average molecular weight is 305 g/mol. The van der Waals surface area contributed by atoms with Crippen LogP contribution in [0.25, 0.3) is 0 Å². The predicted octanol–water partition coefficient (Wildman–Crippen LogP) is 4.54. The number of nitrogens with two attached hydrogens (primary N) is 1. The summed E-state index contributed by atoms with van der Waals surface area (Å²) in [6.45, 7) is 4.54. The number of hydrogen-bond acceptors (Lipinski definition) is 3. The fourth-order valence-electron chi connectivity index (χ4n) is 2.01. The molecule has 21 heavy (non-hydrogen) atoms. The van der Waals surface area contributed by atoms with Crippen LogP contribution in [0, 0.1) is 5.82 Å². The minimum absolute atomic E-state index is 0.0152. The summed E-state index contributed by atoms with van der Waals surface area (Å²) < 4.78 is 18.9. The van der Waals surface area contributed by atoms with Crippen molar-refractivity contribution in [3.8, 4) is 5.75 Å². The second-order valence-corrected chi connectivity index (χ2v) is 5.88. The van der Waals surface area contributed by atoms with Gasteiger partial charge in [0.2, 0.25) is 0 Å². The summed E-state index contributed by atoms with van der Waals surface area (Å²) >= 11 is 1.59. The van der Waals surface area contributed by atoms with Gasteiger partial charge in [0.1, 0.15) is 11.6 Å². The van der Waals surface area contributed by atoms with Crippen molar-refractivity contribution in [2.75, 3.05) is 6.61 Å². The molecule has 0 bridgehead atoms. The first-order valence-electron chi connectivity index (χ1n) is 6.99. The Bertz CT molecular complexity index is 601. The van der Waals surface area contributed by atoms with Crippen molar-refractivity contribution < 1.29 is 9.13 Å². The van der Waals surface area contributed by atoms with Crippen LogP contribution in [0.5, 0.6) is 5.75 Å². The maximum Gasteiger partial charge on any atom is 0.124 e. The first-order chi connectivity index (χ1) is 10.1. The Morgan fingerprint density at radius 2 is 2.05 bits per heavy atom. The van der Waals surface area contributed by atoms with Crippen LogP contribution in [0.15, 0.2) is 47.4 Å². The van der Waals surface area contributed by atoms with Crippen molar-refractivity contribution >= 4 is 11.8 Å². The Balaban J connectivity index is 2.18. The quantitative estimate of drug-likeness (QED) is 0.796. The molecule has 0 radical (unpaired) electrons. The van der Waals surface area contributed by atoms with Crippen LogP contribution in [0.1, 0.15) is 31.0 Å². The van der Waals surface area contributed by atoms with Gasteiger partial charge in [0.05, 0.1) is 6.61 Å². The van der Waals surface area contributed by atoms with Gasteiger partial charge in [-0.15, -0.1) is 11.8 Å². The molecular weight excluding hydrogens is 285 g/mol. The summed E-state index contributed by atoms with van der Waals surface area (Å²) in [5, 5.41) is 0. The van der Waals surface area contributed by atoms with Crippen LogP contribution in [0.2, 0.25) is 0 Å². The number of benzene rings is 2. The van der Waals surface area contributed by atoms with Gasteiger partial charge in [0.25, 0.3) is 0 Å². The maximum atomic E-state index is 13.2. The van der Waals surface area contributed by atoms with E-state index in [2.05, 4.69) is 6.07 Å². The third kappa shape index (κ3) is 4.48. The summed E-state index contributed by atoms with van der Waals surface area (Å²) in [5.74, 6) is 1.37. The van der Waals surface area contributed by atoms with Crippen LogP contribution in [-0.4, -0.2) is 6.61 Å². The Morgan fingerprint density at radius 3 is 2.71 bits per heavy atom. The molecule has 2 aromatic carbocycles. The molecule has 0 amide bonds. The molecule has 1 atom stereocenters. The zero-order chi connectivity index (χ0) is 15.2. The van der Waals surface area contributed by atoms with Gasteiger partial charge in [-0.2, -0.15) is 0 Å². The Labute approximate surface area is 129 Å². The van der Waals surface area contributed by atoms with Crippen molar-refractivity contribution in [1.82, 2.24) is 0 Å². The lowest BCUT2D eigenvalue weighted by Gasteiger charge is -2.14. The minimum atomic E-state index is -0.214. The van der Waals surface area contributed by atoms with Crippen LogP contribution in [0.4, 0.5) is 4.39 Å². The van der Waals surface area contributed by atoms with E-state index in [4.69, 9.17) is 10.5 Å². The SMILES string of the molecule is CCOc1ccc(C(C)N)cc1CSc1cccc(F)c1. The highest BCUT2D eigenvalue weighted by Gasteiger charge is 2.08. The third-order valence-electron chi connectivity index (χ3n) is 3.10. The monoisotopic (exact) mass is 305 g/mol. The van der Waals surface area contributed by atoms with E-state index in [1.54, 1.807) is 23.9 Å². The molecule has 0 saturated heterocycles. The summed E-state index contributed by atoms with van der Waals surface area (Å²) in [7, 11) is 0. The van der Waals surface area contributed by atoms with Gasteiger partial charge in [-0.25, -0.2) is 4.39 Å². The highest BCUT2D eigenvalue weighted by molar-refractivity contribution is 7.98. The van der Waals surface area contributed by atoms with Gasteiger partial charge in [-0.3, -0.25) is 0 Å². The number of hydrogen-bond donors (Lipinski definition) is 1. The van der Waals surface area contributed by atoms with E-state index >= 15 is 0 Å². The van der Waals surface area contributed by atoms with E-state index in [0.717, 1.165) is 27.5 Å². The number of ether oxygens (including phenoxy) is 1. The number of halogens is 1. The van der Waals surface area contributed by atoms with Crippen LogP contribution in [-0.2, 0) is 5.75 Å². The Hall–Kier alpha value is -1.52. The van der Waals surface area contributed by atoms with Crippen LogP contribution >= 0.6 is 11.8 Å². The molecule has 0 heterocycles. The summed E-state index contributed by atoms with van der Waals surface area (Å²) in [4.78, 5) is 0.906. The number of rotatable bonds is 6. The Morgan fingerprint density at radius 1 is 1.24 bits per heavy atom. The second-order valence-electron chi connectivity index (χ2n) is 4.83. The molecular formula is C17H20FNOS. The van der Waals surface area contributed by atoms with E-state index < -0.39 is 0 Å². The van der Waals surface area contributed by atoms with Crippen molar-refractivity contribution in [3.05, 3.63) is 59.4 Å². The van der Waals surface area contributed by atoms with Crippen LogP contribution in [0.3, 0.4) is 0 Å². The van der Waals surface area contributed by atoms with Gasteiger partial charge in [-0.05, 0) is 49.7 Å². The smallest absolute Gasteiger partial charge is 0.124 e. The largest absolute Gasteiger partial charge is 0.494 e. The van der Waals surface area contributed by atoms with Gasteiger partial charge in [0, 0.05) is 22.3 Å². The molecule has 0 aromatic heterocycles. The average Bonchev–Trinajstić information content (AvgIpc) is 2.46. The van der Waals surface area contributed by atoms with Gasteiger partial charge in [-0.1, -0.05) is 12.1 Å². The van der Waals surface area contributed by atoms with Crippen molar-refractivity contribution in [1.29, 1.82) is 0 Å². The van der Waals surface area contributed by atoms with Crippen molar-refractivity contribution in [2.45, 2.75) is 30.5 Å². The molecule has 1 unspecified atom stereocenters. The van der Waals surface area contributed by atoms with Crippen molar-refractivity contribution in [3.63, 3.8) is 0 Å². The first-order valence-corrected chi connectivity index (χ1v) is 7.98. The zero-order valence-corrected chi connectivity index (χ0v) is 13.1. The zero-order valence-electron chi connectivity index (χ0n) is 12.3. The maximum absolute atomic E-state index is 13.2. The third-order valence-corrected chi connectivity index (χ3v) is 4.14. The summed E-state index contributed by atoms with van der Waals surface area (Å²) in [6.07, 6.45) is 0. The fourth-order valence-corrected chi connectivity index (χ4v) is 2.93. The van der Waals surface area contributed by atoms with Gasteiger partial charge < -0.3 is 10.5 Å². The molecule has 4 heteroatoms. The first kappa shape index (κ1) is 15.9. The van der Waals surface area contributed by atoms with E-state index in [-0.39, 0.29) is 11.9 Å². The lowest BCUT2D eigenvalue weighted by Crippen LogP contribution is -2.06. The standard InChI is InChI=1S/C17H20FNOS/c1-3-20-17-8-7-13(12(2)19)9-14(17)11-21-16-6-4-5-15(18)10-16/h4-10,12H,3,11,19H2,1-2H3. The molecule has 0 aliphatic heterocycles. The molecule has 0 fully saturated rings. The fraction of sp³-hybridized carbons (Fsp3) is 0.294. The minimum Gasteiger partial charge on any atom is -0.494 e. The molecule has 2 aromatic rings. The second kappa shape index (κ2) is 7.48. The van der Waals surface area contributed by atoms with E-state index in [9.17, 15) is 4.39 Å². The van der Waals surface area contributed by atoms with Crippen molar-refractivity contribution in [2.24, 2.45) is 5.73 Å². The molecule has 0 spiro atoms. The molecule has 2 rings (SSSR count). The van der Waals surface area contributed by atoms with E-state index in [0.29, 0.717) is 6.61 Å². The lowest BCUT2D eigenvalue weighted by molar-refractivity contribution is 0.337. The van der Waals surface area contributed by atoms with Gasteiger partial charge in [0.15, 0.2) is 0 Å². The van der Waals surface area contributed by atoms with E-state index in [1.165, 1.54) is 6.07 Å². The van der Waals surface area contributed by atoms with Crippen LogP contribution < -0.4 is 10.5 Å². The highest BCUT2D eigenvalue weighted by atomic mass is 32.2. The van der Waals surface area contributed by atoms with E-state index in [1.807, 2.05) is 32.0 Å². The normalized spacial score (nSPS) is 12.2. The lowest BCUT2D eigenvalue weighted by atomic mass is 10.1. The molecule has 0 aliphatic carbocycles. The number of thioether (sulfide) groups is 1. The molecule has 2 N–H and O–H groups in total. The topological polar surface area (TPSA) is 35.2 Å². The highest BCUT2D eigenvalue weighted by Crippen LogP contribution is 2.30. The summed E-state index contributed by atoms with van der Waals surface area (Å²) in [5.41, 5.74) is 8.10. The molecule has 112 valence electrons. The predicted molar refractivity (Wildman–Crippen MR) is 86.2 cm³/mol. The molecule has 0 aliphatic rings. The summed E-state index contributed by atoms with van der Waals surface area (Å²) in [6, 6.07) is 12.6. The Kier molecular flexibility index (Phi) is 5.65. The van der Waals surface area contributed by atoms with Gasteiger partial charge >= 0.3 is 0 Å². The molecule has 2 nitrogen and oxygen atoms in total. The molecule has 0 saturated carbocycles.